The number of hydrogen-bond acceptors (Lipinski definition) is 0. The summed E-state index contributed by atoms with van der Waals surface area (Å²) in [5.41, 5.74) is 14.0. The Labute approximate surface area is 314 Å². The van der Waals surface area contributed by atoms with Crippen molar-refractivity contribution in [2.75, 3.05) is 0 Å². The summed E-state index contributed by atoms with van der Waals surface area (Å²) in [5, 5.41) is 1.53. The van der Waals surface area contributed by atoms with Gasteiger partial charge in [-0.25, -0.2) is 0 Å². The molecule has 250 valence electrons. The molecule has 1 atom stereocenters. The smallest absolute Gasteiger partial charge is 1.00 e. The van der Waals surface area contributed by atoms with Crippen LogP contribution in [-0.2, 0) is 30.1 Å². The van der Waals surface area contributed by atoms with Crippen LogP contribution in [0.3, 0.4) is 0 Å². The van der Waals surface area contributed by atoms with E-state index in [4.69, 9.17) is 23.2 Å². The molecular formula is C43H46Cl4Zr. The number of benzene rings is 4. The molecule has 5 heteroatoms. The fraction of sp³-hybridized carbons (Fsp3) is 0.302. The number of rotatable bonds is 4. The molecule has 0 spiro atoms. The molecule has 0 bridgehead atoms. The van der Waals surface area contributed by atoms with E-state index in [1.807, 2.05) is 24.3 Å². The molecule has 2 aliphatic carbocycles. The second kappa shape index (κ2) is 14.4. The van der Waals surface area contributed by atoms with Crippen molar-refractivity contribution in [1.29, 1.82) is 0 Å². The Balaban J connectivity index is 0.00000260. The Morgan fingerprint density at radius 1 is 0.604 bits per heavy atom. The van der Waals surface area contributed by atoms with Gasteiger partial charge in [0.1, 0.15) is 0 Å². The molecule has 6 rings (SSSR count). The van der Waals surface area contributed by atoms with Crippen molar-refractivity contribution in [3.8, 4) is 11.1 Å². The first kappa shape index (κ1) is 38.9. The van der Waals surface area contributed by atoms with Crippen molar-refractivity contribution < 1.29 is 44.1 Å². The Kier molecular flexibility index (Phi) is 11.7. The maximum absolute atomic E-state index is 6.45. The number of allylic oxidation sites excluding steroid dienone is 4. The summed E-state index contributed by atoms with van der Waals surface area (Å²) in [4.78, 5) is 0. The van der Waals surface area contributed by atoms with Crippen molar-refractivity contribution in [3.63, 3.8) is 0 Å². The van der Waals surface area contributed by atoms with Crippen LogP contribution < -0.4 is 24.8 Å². The zero-order valence-corrected chi connectivity index (χ0v) is 35.0. The van der Waals surface area contributed by atoms with Crippen molar-refractivity contribution in [2.24, 2.45) is 5.92 Å². The molecule has 0 aliphatic heterocycles. The molecule has 0 saturated carbocycles. The van der Waals surface area contributed by atoms with Gasteiger partial charge in [-0.15, -0.1) is 0 Å². The molecule has 0 heterocycles. The first-order chi connectivity index (χ1) is 21.6. The minimum Gasteiger partial charge on any atom is -1.00 e. The molecule has 0 radical (unpaired) electrons. The van der Waals surface area contributed by atoms with Gasteiger partial charge in [0, 0.05) is 0 Å². The molecule has 0 amide bonds. The van der Waals surface area contributed by atoms with E-state index >= 15 is 0 Å². The zero-order valence-electron chi connectivity index (χ0n) is 29.5. The van der Waals surface area contributed by atoms with Crippen LogP contribution in [0.15, 0.2) is 105 Å². The maximum atomic E-state index is 6.45. The van der Waals surface area contributed by atoms with Gasteiger partial charge in [0.2, 0.25) is 0 Å². The van der Waals surface area contributed by atoms with Gasteiger partial charge in [-0.2, -0.15) is 0 Å². The zero-order chi connectivity index (χ0) is 33.2. The molecule has 4 aromatic carbocycles. The minimum atomic E-state index is -3.91. The molecule has 1 unspecified atom stereocenters. The standard InChI is InChI=1S/C21H25.C8H11.2C7H5Cl.2ClH.Zr/c1-20(2,3)16-9-7-14-11-15-8-10-17(21(4,5)6)13-19(15)18(14)12-16;1-6-4-7(2)8(3)5-6;2*1-6-2-4-7(8)5-3-6;;;/h7-13H,1-6H3;4,6H,1-3H3;2*1-5H;2*1H;/q;;;;;;+2/p-2. The number of halogens is 4. The van der Waals surface area contributed by atoms with Crippen LogP contribution in [0.2, 0.25) is 10.0 Å². The summed E-state index contributed by atoms with van der Waals surface area (Å²) in [5.74, 6) is 0.359. The fourth-order valence-corrected chi connectivity index (χ4v) is 22.2. The van der Waals surface area contributed by atoms with Crippen LogP contribution in [0.1, 0.15) is 99.3 Å². The van der Waals surface area contributed by atoms with Gasteiger partial charge in [0.25, 0.3) is 0 Å². The third-order valence-electron chi connectivity index (χ3n) is 10.2. The van der Waals surface area contributed by atoms with Crippen LogP contribution in [0.4, 0.5) is 0 Å². The van der Waals surface area contributed by atoms with E-state index in [2.05, 4.69) is 136 Å². The van der Waals surface area contributed by atoms with E-state index in [1.54, 1.807) is 3.28 Å². The predicted octanol–water partition coefficient (Wildman–Crippen LogP) is 6.39. The predicted molar refractivity (Wildman–Crippen MR) is 200 cm³/mol. The van der Waals surface area contributed by atoms with E-state index in [0.717, 1.165) is 10.0 Å². The van der Waals surface area contributed by atoms with Gasteiger partial charge in [-0.05, 0) is 0 Å². The average molecular weight is 796 g/mol. The summed E-state index contributed by atoms with van der Waals surface area (Å²) >= 11 is 8.99. The minimum absolute atomic E-state index is 0. The molecule has 0 nitrogen and oxygen atoms in total. The summed E-state index contributed by atoms with van der Waals surface area (Å²) in [7, 11) is 0. The van der Waals surface area contributed by atoms with Gasteiger partial charge >= 0.3 is 293 Å². The van der Waals surface area contributed by atoms with Gasteiger partial charge in [-0.3, -0.25) is 0 Å². The third-order valence-corrected chi connectivity index (χ3v) is 22.9. The van der Waals surface area contributed by atoms with E-state index < -0.39 is 19.3 Å². The summed E-state index contributed by atoms with van der Waals surface area (Å²) in [6.07, 6.45) is 2.49. The number of fused-ring (bicyclic) bond motifs is 3. The molecule has 0 aromatic heterocycles. The second-order valence-electron chi connectivity index (χ2n) is 15.5. The average Bonchev–Trinajstić information content (AvgIpc) is 3.45. The Hall–Kier alpha value is -1.86. The molecule has 0 N–H and O–H groups in total. The Morgan fingerprint density at radius 3 is 1.33 bits per heavy atom. The monoisotopic (exact) mass is 792 g/mol. The van der Waals surface area contributed by atoms with E-state index in [1.165, 1.54) is 55.7 Å². The first-order valence-electron chi connectivity index (χ1n) is 16.5. The normalized spacial score (nSPS) is 15.4. The Morgan fingerprint density at radius 2 is 1.00 bits per heavy atom. The van der Waals surface area contributed by atoms with Gasteiger partial charge < -0.3 is 24.8 Å². The molecule has 0 saturated heterocycles. The summed E-state index contributed by atoms with van der Waals surface area (Å²) < 4.78 is 7.36. The van der Waals surface area contributed by atoms with Crippen molar-refractivity contribution >= 4 is 30.6 Å². The summed E-state index contributed by atoms with van der Waals surface area (Å²) in [6, 6.07) is 31.7. The van der Waals surface area contributed by atoms with Crippen LogP contribution in [0.5, 0.6) is 0 Å². The maximum Gasteiger partial charge on any atom is -1.00 e. The van der Waals surface area contributed by atoms with Gasteiger partial charge in [0.15, 0.2) is 0 Å². The topological polar surface area (TPSA) is 0 Å². The molecular weight excluding hydrogens is 750 g/mol. The SMILES string of the molecule is CC1=CC(C)[C]([Zr+2](=[CH]c2ccc(Cl)cc2)(=[CH]c2ccc(Cl)cc2)[CH]2c3ccc(C(C)(C)C)cc3-c3cc(C(C)(C)C)ccc32)=C1C.[Cl-].[Cl-]. The first-order valence-corrected chi connectivity index (χ1v) is 22.7. The van der Waals surface area contributed by atoms with Crippen LogP contribution in [0.25, 0.3) is 11.1 Å². The molecule has 0 fully saturated rings. The second-order valence-corrected chi connectivity index (χ2v) is 25.2. The van der Waals surface area contributed by atoms with E-state index in [0.29, 0.717) is 5.92 Å². The van der Waals surface area contributed by atoms with Crippen LogP contribution >= 0.6 is 23.2 Å². The van der Waals surface area contributed by atoms with Crippen molar-refractivity contribution in [1.82, 2.24) is 0 Å². The Bertz CT molecular complexity index is 1900. The molecule has 4 aromatic rings. The van der Waals surface area contributed by atoms with Gasteiger partial charge in [-0.1, -0.05) is 0 Å². The third kappa shape index (κ3) is 7.29. The quantitative estimate of drug-likeness (QED) is 0.225. The largest absolute Gasteiger partial charge is 1.00 e. The number of hydrogen-bond donors (Lipinski definition) is 0. The fourth-order valence-electron chi connectivity index (χ4n) is 7.74. The van der Waals surface area contributed by atoms with Crippen molar-refractivity contribution in [3.05, 3.63) is 149 Å². The molecule has 2 aliphatic rings. The van der Waals surface area contributed by atoms with Crippen molar-refractivity contribution in [2.45, 2.75) is 76.8 Å². The van der Waals surface area contributed by atoms with Crippen LogP contribution in [0, 0.1) is 5.92 Å². The van der Waals surface area contributed by atoms with E-state index in [9.17, 15) is 0 Å². The van der Waals surface area contributed by atoms with E-state index in [-0.39, 0.29) is 39.3 Å². The molecule has 48 heavy (non-hydrogen) atoms. The van der Waals surface area contributed by atoms with Gasteiger partial charge in [0.05, 0.1) is 0 Å². The summed E-state index contributed by atoms with van der Waals surface area (Å²) in [6.45, 7) is 21.0. The van der Waals surface area contributed by atoms with Crippen LogP contribution in [-0.4, -0.2) is 7.42 Å².